The van der Waals surface area contributed by atoms with Gasteiger partial charge in [0.25, 0.3) is 7.82 Å². The molecule has 0 aromatic rings. The monoisotopic (exact) mass is 1170 g/mol. The van der Waals surface area contributed by atoms with Gasteiger partial charge in [-0.2, -0.15) is 0 Å². The van der Waals surface area contributed by atoms with Crippen LogP contribution in [0.25, 0.3) is 0 Å². The topological polar surface area (TPSA) is 114 Å². The van der Waals surface area contributed by atoms with Crippen LogP contribution in [0.2, 0.25) is 0 Å². The van der Waals surface area contributed by atoms with Crippen molar-refractivity contribution in [2.24, 2.45) is 0 Å². The molecule has 0 aromatic carbocycles. The van der Waals surface area contributed by atoms with Crippen LogP contribution in [0.3, 0.4) is 0 Å². The Labute approximate surface area is 510 Å². The largest absolute Gasteiger partial charge is 0.756 e. The molecule has 0 heterocycles. The van der Waals surface area contributed by atoms with E-state index in [1.165, 1.54) is 70.6 Å². The number of allylic oxidation sites excluding steroid dienone is 23. The molecule has 1 amide bonds. The molecule has 472 valence electrons. The van der Waals surface area contributed by atoms with E-state index >= 15 is 0 Å². The number of rotatable bonds is 58. The average molecular weight is 1170 g/mol. The van der Waals surface area contributed by atoms with Crippen molar-refractivity contribution in [1.82, 2.24) is 5.32 Å². The zero-order valence-corrected chi connectivity index (χ0v) is 54.7. The Hall–Kier alpha value is -4.11. The van der Waals surface area contributed by atoms with E-state index < -0.39 is 26.6 Å². The van der Waals surface area contributed by atoms with Crippen LogP contribution < -0.4 is 10.2 Å². The van der Waals surface area contributed by atoms with Crippen molar-refractivity contribution < 1.29 is 37.3 Å². The summed E-state index contributed by atoms with van der Waals surface area (Å²) in [5.74, 6) is -0.599. The third-order valence-electron chi connectivity index (χ3n) is 13.8. The van der Waals surface area contributed by atoms with E-state index in [1.807, 2.05) is 33.3 Å². The van der Waals surface area contributed by atoms with Crippen LogP contribution in [-0.4, -0.2) is 69.4 Å². The van der Waals surface area contributed by atoms with E-state index in [-0.39, 0.29) is 31.3 Å². The van der Waals surface area contributed by atoms with Gasteiger partial charge in [0.15, 0.2) is 0 Å². The van der Waals surface area contributed by atoms with Gasteiger partial charge in [0.2, 0.25) is 5.91 Å². The minimum Gasteiger partial charge on any atom is -0.756 e. The highest BCUT2D eigenvalue weighted by Gasteiger charge is 2.27. The number of carbonyl (C=O) groups excluding carboxylic acids is 2. The lowest BCUT2D eigenvalue weighted by Crippen LogP contribution is -2.47. The van der Waals surface area contributed by atoms with Gasteiger partial charge in [0.05, 0.1) is 33.8 Å². The van der Waals surface area contributed by atoms with Gasteiger partial charge in [-0.25, -0.2) is 0 Å². The minimum atomic E-state index is -4.72. The van der Waals surface area contributed by atoms with Crippen molar-refractivity contribution in [3.05, 3.63) is 146 Å². The summed E-state index contributed by atoms with van der Waals surface area (Å²) in [7, 11) is 1.13. The van der Waals surface area contributed by atoms with Crippen LogP contribution in [0.4, 0.5) is 0 Å². The molecule has 1 N–H and O–H groups in total. The Kier molecular flexibility index (Phi) is 58.0. The van der Waals surface area contributed by atoms with Crippen LogP contribution in [0.1, 0.15) is 252 Å². The molecular weight excluding hydrogens is 1050 g/mol. The molecule has 0 aromatic heterocycles. The summed E-state index contributed by atoms with van der Waals surface area (Å²) in [6.45, 7) is 6.56. The van der Waals surface area contributed by atoms with Gasteiger partial charge in [-0.15, -0.1) is 0 Å². The number of amides is 1. The Morgan fingerprint density at radius 3 is 1.17 bits per heavy atom. The van der Waals surface area contributed by atoms with Gasteiger partial charge in [0, 0.05) is 12.8 Å². The smallest absolute Gasteiger partial charge is 0.306 e. The standard InChI is InChI=1S/C73H123N2O7P/c1-7-10-13-16-19-22-25-27-29-31-33-34-35-36-37-38-39-40-42-44-46-48-51-54-57-60-63-66-73(77)82-71(64-61-58-55-52-49-24-21-18-15-12-9-3)70(69-81-83(78,79)80-68-67-75(4,5)6)74-72(76)65-62-59-56-53-50-47-45-43-41-32-30-28-26-23-20-17-14-11-8-2/h10-11,13-14,19-20,22-23,27-30,33-34,36-37,39-41,43,47,50,61,64,70-71H,7-9,12,15-18,21,24-26,31-32,35,38,42,44-46,48-49,51-60,62-63,65-69H2,1-6H3,(H-,74,76,78,79)/b13-10-,14-11-,22-19-,23-20-,29-27-,30-28-,34-33-,37-36-,40-39-,43-41-,50-47-,64-61-. The van der Waals surface area contributed by atoms with Crippen molar-refractivity contribution in [2.45, 2.75) is 264 Å². The van der Waals surface area contributed by atoms with Crippen LogP contribution >= 0.6 is 7.82 Å². The maximum absolute atomic E-state index is 13.5. The quantitative estimate of drug-likeness (QED) is 0.0212. The molecule has 0 saturated heterocycles. The van der Waals surface area contributed by atoms with Crippen LogP contribution in [0, 0.1) is 0 Å². The molecule has 0 rings (SSSR count). The molecule has 0 saturated carbocycles. The highest BCUT2D eigenvalue weighted by molar-refractivity contribution is 7.45. The van der Waals surface area contributed by atoms with Crippen molar-refractivity contribution in [3.8, 4) is 0 Å². The number of esters is 1. The first-order valence-electron chi connectivity index (χ1n) is 33.1. The summed E-state index contributed by atoms with van der Waals surface area (Å²) in [4.78, 5) is 40.1. The molecule has 0 fully saturated rings. The molecule has 0 aliphatic carbocycles. The first kappa shape index (κ1) is 78.9. The fourth-order valence-electron chi connectivity index (χ4n) is 8.73. The SMILES string of the molecule is CC/C=C\C/C=C\C/C=C\C/C=C\C/C=C\C/C=C\CCCCCCCCCCC(=O)OC(/C=C\CCCCCCCCCCC)C(COP(=O)([O-])OCC[N+](C)(C)C)NC(=O)CCCCC/C=C\C/C=C\C/C=C\C/C=C\C/C=C\CC. The van der Waals surface area contributed by atoms with Crippen molar-refractivity contribution in [3.63, 3.8) is 0 Å². The number of phosphoric ester groups is 1. The number of nitrogens with zero attached hydrogens (tertiary/aromatic N) is 1. The fourth-order valence-corrected chi connectivity index (χ4v) is 9.45. The van der Waals surface area contributed by atoms with E-state index in [1.54, 1.807) is 0 Å². The molecule has 0 radical (unpaired) electrons. The van der Waals surface area contributed by atoms with E-state index in [0.29, 0.717) is 23.9 Å². The summed E-state index contributed by atoms with van der Waals surface area (Å²) in [5, 5.41) is 3.01. The number of hydrogen-bond acceptors (Lipinski definition) is 7. The molecule has 3 atom stereocenters. The van der Waals surface area contributed by atoms with Crippen LogP contribution in [0.15, 0.2) is 146 Å². The lowest BCUT2D eigenvalue weighted by molar-refractivity contribution is -0.870. The average Bonchev–Trinajstić information content (AvgIpc) is 3.51. The molecule has 83 heavy (non-hydrogen) atoms. The maximum atomic E-state index is 13.5. The van der Waals surface area contributed by atoms with Crippen molar-refractivity contribution in [2.75, 3.05) is 40.9 Å². The predicted molar refractivity (Wildman–Crippen MR) is 357 cm³/mol. The molecule has 3 unspecified atom stereocenters. The number of ether oxygens (including phenoxy) is 1. The van der Waals surface area contributed by atoms with E-state index in [9.17, 15) is 19.0 Å². The second kappa shape index (κ2) is 61.0. The zero-order chi connectivity index (χ0) is 60.7. The summed E-state index contributed by atoms with van der Waals surface area (Å²) < 4.78 is 30.3. The number of quaternary nitrogens is 1. The molecule has 0 aliphatic rings. The zero-order valence-electron chi connectivity index (χ0n) is 53.8. The highest BCUT2D eigenvalue weighted by Crippen LogP contribution is 2.38. The lowest BCUT2D eigenvalue weighted by atomic mass is 10.1. The molecule has 0 bridgehead atoms. The maximum Gasteiger partial charge on any atom is 0.306 e. The van der Waals surface area contributed by atoms with Crippen molar-refractivity contribution in [1.29, 1.82) is 0 Å². The number of likely N-dealkylation sites (N-methyl/N-ethyl adjacent to an activating group) is 1. The number of hydrogen-bond donors (Lipinski definition) is 1. The predicted octanol–water partition coefficient (Wildman–Crippen LogP) is 20.4. The van der Waals surface area contributed by atoms with E-state index in [4.69, 9.17) is 13.8 Å². The van der Waals surface area contributed by atoms with E-state index in [2.05, 4.69) is 160 Å². The highest BCUT2D eigenvalue weighted by atomic mass is 31.2. The Balaban J connectivity index is 5.18. The Bertz CT molecular complexity index is 1930. The molecule has 9 nitrogen and oxygen atoms in total. The van der Waals surface area contributed by atoms with Crippen molar-refractivity contribution >= 4 is 19.7 Å². The molecular formula is C73H123N2O7P. The van der Waals surface area contributed by atoms with Gasteiger partial charge < -0.3 is 28.5 Å². The second-order valence-electron chi connectivity index (χ2n) is 22.9. The third kappa shape index (κ3) is 62.2. The molecule has 10 heteroatoms. The fraction of sp³-hybridized carbons (Fsp3) is 0.644. The summed E-state index contributed by atoms with van der Waals surface area (Å²) in [6, 6.07) is -0.921. The first-order valence-corrected chi connectivity index (χ1v) is 34.6. The summed E-state index contributed by atoms with van der Waals surface area (Å²) in [6.07, 6.45) is 88.2. The van der Waals surface area contributed by atoms with Gasteiger partial charge in [0.1, 0.15) is 19.3 Å². The minimum absolute atomic E-state index is 0.0386. The summed E-state index contributed by atoms with van der Waals surface area (Å²) in [5.41, 5.74) is 0. The van der Waals surface area contributed by atoms with E-state index in [0.717, 1.165) is 135 Å². The van der Waals surface area contributed by atoms with Crippen LogP contribution in [-0.2, 0) is 27.9 Å². The Morgan fingerprint density at radius 1 is 0.434 bits per heavy atom. The number of unbranched alkanes of at least 4 members (excludes halogenated alkanes) is 20. The van der Waals surface area contributed by atoms with Gasteiger partial charge in [-0.1, -0.05) is 257 Å². The van der Waals surface area contributed by atoms with Crippen LogP contribution in [0.5, 0.6) is 0 Å². The van der Waals surface area contributed by atoms with Gasteiger partial charge in [-0.3, -0.25) is 14.2 Å². The lowest BCUT2D eigenvalue weighted by Gasteiger charge is -2.30. The first-order chi connectivity index (χ1) is 40.4. The number of nitrogens with one attached hydrogen (secondary N) is 1. The summed E-state index contributed by atoms with van der Waals surface area (Å²) >= 11 is 0. The number of carbonyl (C=O) groups is 2. The van der Waals surface area contributed by atoms with Gasteiger partial charge >= 0.3 is 5.97 Å². The Morgan fingerprint density at radius 2 is 0.771 bits per heavy atom. The second-order valence-corrected chi connectivity index (χ2v) is 24.3. The molecule has 0 spiro atoms. The number of phosphoric acid groups is 1. The third-order valence-corrected chi connectivity index (χ3v) is 14.7. The van der Waals surface area contributed by atoms with Gasteiger partial charge in [-0.05, 0) is 128 Å². The molecule has 0 aliphatic heterocycles. The normalized spacial score (nSPS) is 14.5.